The second-order valence-electron chi connectivity index (χ2n) is 9.25. The van der Waals surface area contributed by atoms with Gasteiger partial charge in [-0.25, -0.2) is 0 Å². The first-order chi connectivity index (χ1) is 15.0. The van der Waals surface area contributed by atoms with Crippen LogP contribution in [0.25, 0.3) is 10.9 Å². The lowest BCUT2D eigenvalue weighted by Crippen LogP contribution is -2.51. The Balaban J connectivity index is 1.27. The van der Waals surface area contributed by atoms with E-state index >= 15 is 0 Å². The summed E-state index contributed by atoms with van der Waals surface area (Å²) in [5.41, 5.74) is 3.93. The van der Waals surface area contributed by atoms with Crippen molar-refractivity contribution >= 4 is 10.9 Å². The molecule has 2 aliphatic rings. The maximum absolute atomic E-state index is 11.1. The van der Waals surface area contributed by atoms with Gasteiger partial charge in [0.1, 0.15) is 11.4 Å². The van der Waals surface area contributed by atoms with Gasteiger partial charge in [-0.1, -0.05) is 29.8 Å². The Labute approximate surface area is 183 Å². The van der Waals surface area contributed by atoms with Crippen molar-refractivity contribution in [2.24, 2.45) is 0 Å². The molecule has 0 bridgehead atoms. The van der Waals surface area contributed by atoms with E-state index in [-0.39, 0.29) is 5.60 Å². The minimum Gasteiger partial charge on any atom is -0.487 e. The lowest BCUT2D eigenvalue weighted by atomic mass is 9.81. The predicted molar refractivity (Wildman–Crippen MR) is 122 cm³/mol. The average Bonchev–Trinajstić information content (AvgIpc) is 3.15. The summed E-state index contributed by atoms with van der Waals surface area (Å²) >= 11 is 0. The molecule has 5 heteroatoms. The molecule has 0 saturated carbocycles. The highest BCUT2D eigenvalue weighted by molar-refractivity contribution is 5.84. The third-order valence-electron chi connectivity index (χ3n) is 7.13. The molecule has 0 radical (unpaired) electrons. The molecule has 0 unspecified atom stereocenters. The van der Waals surface area contributed by atoms with Gasteiger partial charge in [0.25, 0.3) is 0 Å². The van der Waals surface area contributed by atoms with Crippen molar-refractivity contribution in [3.8, 4) is 5.75 Å². The summed E-state index contributed by atoms with van der Waals surface area (Å²) in [4.78, 5) is 2.33. The van der Waals surface area contributed by atoms with E-state index < -0.39 is 12.2 Å². The maximum atomic E-state index is 11.1. The van der Waals surface area contributed by atoms with Crippen molar-refractivity contribution in [3.05, 3.63) is 65.4 Å². The van der Waals surface area contributed by atoms with Gasteiger partial charge in [0, 0.05) is 60.8 Å². The number of β-amino-alcohol motifs (C(OH)–C–C–N with tert-alkyl or cyclic N) is 1. The van der Waals surface area contributed by atoms with Gasteiger partial charge in [0.2, 0.25) is 0 Å². The summed E-state index contributed by atoms with van der Waals surface area (Å²) < 4.78 is 8.65. The second-order valence-corrected chi connectivity index (χ2v) is 9.25. The first-order valence-electron chi connectivity index (χ1n) is 11.4. The van der Waals surface area contributed by atoms with E-state index in [2.05, 4.69) is 34.7 Å². The Morgan fingerprint density at radius 1 is 1.16 bits per heavy atom. The van der Waals surface area contributed by atoms with Crippen LogP contribution in [0.4, 0.5) is 0 Å². The van der Waals surface area contributed by atoms with E-state index in [1.54, 1.807) is 0 Å². The number of piperidine rings is 1. The summed E-state index contributed by atoms with van der Waals surface area (Å²) in [5, 5.41) is 22.9. The van der Waals surface area contributed by atoms with Gasteiger partial charge in [-0.3, -0.25) is 0 Å². The summed E-state index contributed by atoms with van der Waals surface area (Å²) in [6.07, 6.45) is 3.47. The molecular weight excluding hydrogens is 388 g/mol. The molecule has 1 saturated heterocycles. The van der Waals surface area contributed by atoms with E-state index in [0.717, 1.165) is 60.3 Å². The van der Waals surface area contributed by atoms with E-state index in [4.69, 9.17) is 4.74 Å². The number of likely N-dealkylation sites (tertiary alicyclic amines) is 1. The molecule has 2 aliphatic heterocycles. The Morgan fingerprint density at radius 2 is 1.94 bits per heavy atom. The van der Waals surface area contributed by atoms with Crippen molar-refractivity contribution in [2.45, 2.75) is 57.5 Å². The molecule has 1 spiro atoms. The van der Waals surface area contributed by atoms with Gasteiger partial charge in [-0.2, -0.15) is 0 Å². The molecular formula is C26H32N2O3. The minimum atomic E-state index is -0.520. The molecule has 0 aliphatic carbocycles. The van der Waals surface area contributed by atoms with E-state index in [1.165, 1.54) is 5.52 Å². The fourth-order valence-electron chi connectivity index (χ4n) is 5.35. The number of aliphatic hydroxyl groups is 2. The molecule has 1 aromatic heterocycles. The molecule has 31 heavy (non-hydrogen) atoms. The van der Waals surface area contributed by atoms with Crippen LogP contribution in [0.2, 0.25) is 0 Å². The van der Waals surface area contributed by atoms with Crippen LogP contribution in [0.15, 0.2) is 48.7 Å². The Bertz CT molecular complexity index is 1080. The van der Waals surface area contributed by atoms with Crippen molar-refractivity contribution in [1.29, 1.82) is 0 Å². The number of nitrogens with zero attached hydrogens (tertiary/aromatic N) is 2. The molecule has 5 rings (SSSR count). The Kier molecular flexibility index (Phi) is 5.29. The van der Waals surface area contributed by atoms with Gasteiger partial charge in [-0.15, -0.1) is 0 Å². The number of rotatable bonds is 4. The monoisotopic (exact) mass is 420 g/mol. The molecule has 3 heterocycles. The average molecular weight is 421 g/mol. The van der Waals surface area contributed by atoms with Gasteiger partial charge in [0.15, 0.2) is 0 Å². The zero-order chi connectivity index (χ0) is 21.6. The third-order valence-corrected chi connectivity index (χ3v) is 7.13. The highest BCUT2D eigenvalue weighted by Gasteiger charge is 2.43. The molecule has 1 fully saturated rings. The number of aryl methyl sites for hydroxylation is 2. The summed E-state index contributed by atoms with van der Waals surface area (Å²) in [6, 6.07) is 14.4. The highest BCUT2D eigenvalue weighted by Crippen LogP contribution is 2.44. The van der Waals surface area contributed by atoms with Crippen LogP contribution in [-0.2, 0) is 6.54 Å². The SMILES string of the molecule is CCn1cc([C@@H](O)CN2CCC3(CC2)C[C@@H](O)c2cc(C)ccc2O3)c2ccccc21. The molecule has 3 aromatic rings. The number of fused-ring (bicyclic) bond motifs is 2. The largest absolute Gasteiger partial charge is 0.487 e. The zero-order valence-electron chi connectivity index (χ0n) is 18.4. The fraction of sp³-hybridized carbons (Fsp3) is 0.462. The lowest BCUT2D eigenvalue weighted by molar-refractivity contribution is -0.0587. The number of hydrogen-bond acceptors (Lipinski definition) is 4. The van der Waals surface area contributed by atoms with Gasteiger partial charge >= 0.3 is 0 Å². The predicted octanol–water partition coefficient (Wildman–Crippen LogP) is 4.35. The topological polar surface area (TPSA) is 57.9 Å². The van der Waals surface area contributed by atoms with E-state index in [0.29, 0.717) is 13.0 Å². The summed E-state index contributed by atoms with van der Waals surface area (Å²) in [6.45, 7) is 7.39. The second kappa shape index (κ2) is 7.97. The van der Waals surface area contributed by atoms with Crippen LogP contribution in [0.3, 0.4) is 0 Å². The maximum Gasteiger partial charge on any atom is 0.125 e. The quantitative estimate of drug-likeness (QED) is 0.659. The number of hydrogen-bond donors (Lipinski definition) is 2. The molecule has 2 aromatic carbocycles. The van der Waals surface area contributed by atoms with Crippen LogP contribution < -0.4 is 4.74 Å². The minimum absolute atomic E-state index is 0.304. The van der Waals surface area contributed by atoms with Crippen LogP contribution in [0, 0.1) is 6.92 Å². The molecule has 2 atom stereocenters. The molecule has 0 amide bonds. The van der Waals surface area contributed by atoms with Gasteiger partial charge < -0.3 is 24.4 Å². The summed E-state index contributed by atoms with van der Waals surface area (Å²) in [5.74, 6) is 0.824. The first kappa shape index (κ1) is 20.6. The van der Waals surface area contributed by atoms with Crippen molar-refractivity contribution < 1.29 is 14.9 Å². The standard InChI is InChI=1S/C26H32N2O3/c1-3-28-16-21(19-6-4-5-7-22(19)28)24(30)17-27-12-10-26(11-13-27)15-23(29)20-14-18(2)8-9-25(20)31-26/h4-9,14,16,23-24,29-30H,3,10-13,15,17H2,1-2H3/t23-,24+/m1/s1. The van der Waals surface area contributed by atoms with Crippen LogP contribution in [0.5, 0.6) is 5.75 Å². The van der Waals surface area contributed by atoms with E-state index in [1.807, 2.05) is 37.3 Å². The third kappa shape index (κ3) is 3.75. The zero-order valence-corrected chi connectivity index (χ0v) is 18.4. The number of benzene rings is 2. The lowest BCUT2D eigenvalue weighted by Gasteiger charge is -2.46. The summed E-state index contributed by atoms with van der Waals surface area (Å²) in [7, 11) is 0. The number of para-hydroxylation sites is 1. The van der Waals surface area contributed by atoms with Crippen LogP contribution in [-0.4, -0.2) is 44.9 Å². The Morgan fingerprint density at radius 3 is 2.71 bits per heavy atom. The van der Waals surface area contributed by atoms with Gasteiger partial charge in [-0.05, 0) is 44.9 Å². The van der Waals surface area contributed by atoms with Crippen molar-refractivity contribution in [1.82, 2.24) is 9.47 Å². The number of ether oxygens (including phenoxy) is 1. The molecule has 2 N–H and O–H groups in total. The highest BCUT2D eigenvalue weighted by atomic mass is 16.5. The number of aromatic nitrogens is 1. The van der Waals surface area contributed by atoms with Crippen LogP contribution in [0.1, 0.15) is 55.1 Å². The first-order valence-corrected chi connectivity index (χ1v) is 11.4. The van der Waals surface area contributed by atoms with Crippen LogP contribution >= 0.6 is 0 Å². The fourth-order valence-corrected chi connectivity index (χ4v) is 5.35. The molecule has 164 valence electrons. The smallest absolute Gasteiger partial charge is 0.125 e. The molecule has 5 nitrogen and oxygen atoms in total. The van der Waals surface area contributed by atoms with Crippen molar-refractivity contribution in [3.63, 3.8) is 0 Å². The van der Waals surface area contributed by atoms with E-state index in [9.17, 15) is 10.2 Å². The van der Waals surface area contributed by atoms with Crippen molar-refractivity contribution in [2.75, 3.05) is 19.6 Å². The number of aliphatic hydroxyl groups excluding tert-OH is 2. The van der Waals surface area contributed by atoms with Gasteiger partial charge in [0.05, 0.1) is 12.2 Å². The normalized spacial score (nSPS) is 21.7. The Hall–Kier alpha value is -2.34.